The van der Waals surface area contributed by atoms with E-state index in [1.54, 1.807) is 24.3 Å². The number of aromatic nitrogens is 1. The number of nitrogens with zero attached hydrogens (tertiary/aromatic N) is 1. The van der Waals surface area contributed by atoms with Gasteiger partial charge in [0.15, 0.2) is 0 Å². The van der Waals surface area contributed by atoms with Crippen LogP contribution in [0.3, 0.4) is 0 Å². The number of hydrogen-bond acceptors (Lipinski definition) is 1. The van der Waals surface area contributed by atoms with Gasteiger partial charge in [-0.1, -0.05) is 24.3 Å². The topological polar surface area (TPSA) is 12.9 Å². The van der Waals surface area contributed by atoms with Crippen molar-refractivity contribution in [3.05, 3.63) is 54.5 Å². The molecule has 1 heterocycles. The average molecular weight is 172 g/mol. The highest BCUT2D eigenvalue weighted by molar-refractivity contribution is 5.57. The minimum atomic E-state index is -0.457. The molecule has 0 atom stereocenters. The van der Waals surface area contributed by atoms with Gasteiger partial charge in [0.05, 0.1) is 5.69 Å². The lowest BCUT2D eigenvalue weighted by Crippen LogP contribution is -1.85. The normalized spacial score (nSPS) is 9.92. The van der Waals surface area contributed by atoms with Crippen molar-refractivity contribution < 1.29 is 4.39 Å². The Hall–Kier alpha value is -1.70. The number of hydrogen-bond donors (Lipinski definition) is 0. The summed E-state index contributed by atoms with van der Waals surface area (Å²) in [6.45, 7) is 0. The van der Waals surface area contributed by atoms with Crippen LogP contribution in [-0.2, 0) is 0 Å². The second-order valence-corrected chi connectivity index (χ2v) is 2.64. The van der Waals surface area contributed by atoms with E-state index < -0.39 is 5.95 Å². The molecule has 13 heavy (non-hydrogen) atoms. The van der Waals surface area contributed by atoms with E-state index in [4.69, 9.17) is 0 Å². The summed E-state index contributed by atoms with van der Waals surface area (Å²) in [5.41, 5.74) is 1.51. The third-order valence-electron chi connectivity index (χ3n) is 1.72. The van der Waals surface area contributed by atoms with Gasteiger partial charge < -0.3 is 0 Å². The van der Waals surface area contributed by atoms with Gasteiger partial charge in [-0.25, -0.2) is 4.98 Å². The standard InChI is InChI=1S/C11H7FN/c12-11-8-4-7-10(13-11)9-5-2-1-3-6-9/h1-2,4-8H. The summed E-state index contributed by atoms with van der Waals surface area (Å²) in [4.78, 5) is 3.76. The van der Waals surface area contributed by atoms with Crippen LogP contribution in [0.4, 0.5) is 4.39 Å². The van der Waals surface area contributed by atoms with Crippen molar-refractivity contribution in [3.63, 3.8) is 0 Å². The third-order valence-corrected chi connectivity index (χ3v) is 1.72. The van der Waals surface area contributed by atoms with Gasteiger partial charge in [0.25, 0.3) is 0 Å². The minimum absolute atomic E-state index is 0.457. The van der Waals surface area contributed by atoms with Gasteiger partial charge in [0.2, 0.25) is 5.95 Å². The first-order valence-corrected chi connectivity index (χ1v) is 3.95. The minimum Gasteiger partial charge on any atom is -0.220 e. The second-order valence-electron chi connectivity index (χ2n) is 2.64. The van der Waals surface area contributed by atoms with Crippen molar-refractivity contribution in [3.8, 4) is 11.3 Å². The van der Waals surface area contributed by atoms with Crippen molar-refractivity contribution in [2.45, 2.75) is 0 Å². The lowest BCUT2D eigenvalue weighted by molar-refractivity contribution is 0.585. The average Bonchev–Trinajstić information content (AvgIpc) is 2.19. The Morgan fingerprint density at radius 1 is 1.15 bits per heavy atom. The fourth-order valence-corrected chi connectivity index (χ4v) is 1.12. The van der Waals surface area contributed by atoms with E-state index in [1.807, 2.05) is 12.1 Å². The molecule has 0 unspecified atom stereocenters. The zero-order valence-corrected chi connectivity index (χ0v) is 6.87. The van der Waals surface area contributed by atoms with E-state index in [0.717, 1.165) is 5.56 Å². The van der Waals surface area contributed by atoms with Crippen LogP contribution < -0.4 is 0 Å². The molecule has 1 radical (unpaired) electrons. The van der Waals surface area contributed by atoms with Gasteiger partial charge in [-0.2, -0.15) is 4.39 Å². The maximum Gasteiger partial charge on any atom is 0.213 e. The van der Waals surface area contributed by atoms with Gasteiger partial charge >= 0.3 is 0 Å². The summed E-state index contributed by atoms with van der Waals surface area (Å²) in [7, 11) is 0. The Morgan fingerprint density at radius 2 is 2.08 bits per heavy atom. The molecule has 1 nitrogen and oxygen atoms in total. The molecule has 1 aromatic carbocycles. The molecule has 0 fully saturated rings. The molecular formula is C11H7FN. The Morgan fingerprint density at radius 3 is 2.77 bits per heavy atom. The third kappa shape index (κ3) is 1.72. The lowest BCUT2D eigenvalue weighted by atomic mass is 10.1. The Balaban J connectivity index is 2.48. The molecule has 2 aromatic rings. The summed E-state index contributed by atoms with van der Waals surface area (Å²) >= 11 is 0. The van der Waals surface area contributed by atoms with Crippen molar-refractivity contribution in [2.24, 2.45) is 0 Å². The predicted molar refractivity (Wildman–Crippen MR) is 48.5 cm³/mol. The van der Waals surface area contributed by atoms with Crippen molar-refractivity contribution in [1.29, 1.82) is 0 Å². The summed E-state index contributed by atoms with van der Waals surface area (Å²) in [6, 6.07) is 15.0. The molecule has 0 bridgehead atoms. The SMILES string of the molecule is Fc1cccc(-c2c[c]ccc2)n1. The molecule has 2 rings (SSSR count). The monoisotopic (exact) mass is 172 g/mol. The van der Waals surface area contributed by atoms with Gasteiger partial charge in [0.1, 0.15) is 0 Å². The summed E-state index contributed by atoms with van der Waals surface area (Å²) < 4.78 is 12.7. The number of halogens is 1. The molecule has 1 aromatic heterocycles. The maximum atomic E-state index is 12.7. The van der Waals surface area contributed by atoms with Crippen LogP contribution in [0.5, 0.6) is 0 Å². The van der Waals surface area contributed by atoms with Crippen LogP contribution in [0.2, 0.25) is 0 Å². The largest absolute Gasteiger partial charge is 0.220 e. The maximum absolute atomic E-state index is 12.7. The van der Waals surface area contributed by atoms with E-state index in [0.29, 0.717) is 5.69 Å². The van der Waals surface area contributed by atoms with Gasteiger partial charge in [-0.3, -0.25) is 0 Å². The molecule has 0 aliphatic heterocycles. The number of benzene rings is 1. The molecule has 0 amide bonds. The zero-order valence-electron chi connectivity index (χ0n) is 6.87. The highest BCUT2D eigenvalue weighted by atomic mass is 19.1. The van der Waals surface area contributed by atoms with Crippen LogP contribution in [0.15, 0.2) is 42.5 Å². The van der Waals surface area contributed by atoms with Crippen LogP contribution in [0, 0.1) is 12.0 Å². The van der Waals surface area contributed by atoms with Gasteiger partial charge in [0, 0.05) is 5.56 Å². The fourth-order valence-electron chi connectivity index (χ4n) is 1.12. The van der Waals surface area contributed by atoms with Crippen molar-refractivity contribution in [1.82, 2.24) is 4.98 Å². The summed E-state index contributed by atoms with van der Waals surface area (Å²) in [6.07, 6.45) is 0. The van der Waals surface area contributed by atoms with Crippen LogP contribution in [0.25, 0.3) is 11.3 Å². The van der Waals surface area contributed by atoms with Crippen LogP contribution in [0.1, 0.15) is 0 Å². The Labute approximate surface area is 75.9 Å². The summed E-state index contributed by atoms with van der Waals surface area (Å²) in [5.74, 6) is -0.457. The fraction of sp³-hybridized carbons (Fsp3) is 0. The first-order valence-electron chi connectivity index (χ1n) is 3.95. The van der Waals surface area contributed by atoms with E-state index in [2.05, 4.69) is 11.1 Å². The Kier molecular flexibility index (Phi) is 2.04. The number of pyridine rings is 1. The molecule has 2 heteroatoms. The first kappa shape index (κ1) is 7.92. The zero-order chi connectivity index (χ0) is 9.10. The molecule has 0 saturated carbocycles. The van der Waals surface area contributed by atoms with Crippen LogP contribution in [-0.4, -0.2) is 4.98 Å². The van der Waals surface area contributed by atoms with Crippen LogP contribution >= 0.6 is 0 Å². The Bertz CT molecular complexity index is 398. The highest BCUT2D eigenvalue weighted by Crippen LogP contribution is 2.15. The van der Waals surface area contributed by atoms with E-state index in [-0.39, 0.29) is 0 Å². The molecule has 0 N–H and O–H groups in total. The first-order chi connectivity index (χ1) is 6.36. The smallest absolute Gasteiger partial charge is 0.213 e. The molecule has 0 spiro atoms. The molecule has 0 aliphatic carbocycles. The quantitative estimate of drug-likeness (QED) is 0.602. The van der Waals surface area contributed by atoms with Gasteiger partial charge in [-0.15, -0.1) is 0 Å². The summed E-state index contributed by atoms with van der Waals surface area (Å²) in [5, 5.41) is 0. The predicted octanol–water partition coefficient (Wildman–Crippen LogP) is 2.69. The van der Waals surface area contributed by atoms with Gasteiger partial charge in [-0.05, 0) is 24.3 Å². The highest BCUT2D eigenvalue weighted by Gasteiger charge is 1.98. The number of rotatable bonds is 1. The van der Waals surface area contributed by atoms with Crippen molar-refractivity contribution >= 4 is 0 Å². The van der Waals surface area contributed by atoms with E-state index >= 15 is 0 Å². The van der Waals surface area contributed by atoms with Crippen molar-refractivity contribution in [2.75, 3.05) is 0 Å². The van der Waals surface area contributed by atoms with E-state index in [1.165, 1.54) is 6.07 Å². The molecule has 0 saturated heterocycles. The lowest BCUT2D eigenvalue weighted by Gasteiger charge is -1.98. The molecule has 0 aliphatic rings. The molecular weight excluding hydrogens is 165 g/mol. The second kappa shape index (κ2) is 3.35. The molecule has 63 valence electrons. The van der Waals surface area contributed by atoms with E-state index in [9.17, 15) is 4.39 Å².